The van der Waals surface area contributed by atoms with E-state index in [2.05, 4.69) is 4.74 Å². The number of nitrogens with zero attached hydrogens (tertiary/aromatic N) is 1. The fourth-order valence-corrected chi connectivity index (χ4v) is 1.86. The van der Waals surface area contributed by atoms with Crippen LogP contribution in [0.1, 0.15) is 26.3 Å². The van der Waals surface area contributed by atoms with E-state index in [0.717, 1.165) is 0 Å². The average molecular weight is 315 g/mol. The number of ether oxygens (including phenoxy) is 2. The second-order valence-electron chi connectivity index (χ2n) is 4.57. The Morgan fingerprint density at radius 2 is 1.74 bits per heavy atom. The van der Waals surface area contributed by atoms with Crippen LogP contribution in [0.5, 0.6) is 0 Å². The molecule has 0 saturated carbocycles. The lowest BCUT2D eigenvalue weighted by atomic mass is 10.1. The van der Waals surface area contributed by atoms with Crippen molar-refractivity contribution in [3.63, 3.8) is 0 Å². The maximum Gasteiger partial charge on any atom is 0.338 e. The first-order chi connectivity index (χ1) is 11.0. The number of non-ortho nitro benzene ring substituents is 1. The highest BCUT2D eigenvalue weighted by Crippen LogP contribution is 2.14. The first-order valence-corrected chi connectivity index (χ1v) is 6.60. The third-order valence-corrected chi connectivity index (χ3v) is 3.03. The first kappa shape index (κ1) is 16.2. The van der Waals surface area contributed by atoms with Gasteiger partial charge in [-0.15, -0.1) is 0 Å². The van der Waals surface area contributed by atoms with E-state index < -0.39 is 16.9 Å². The molecule has 0 amide bonds. The van der Waals surface area contributed by atoms with E-state index in [1.54, 1.807) is 24.3 Å². The topological polar surface area (TPSA) is 95.7 Å². The van der Waals surface area contributed by atoms with Crippen molar-refractivity contribution in [2.75, 3.05) is 7.11 Å². The first-order valence-electron chi connectivity index (χ1n) is 6.60. The van der Waals surface area contributed by atoms with Crippen LogP contribution < -0.4 is 0 Å². The van der Waals surface area contributed by atoms with Gasteiger partial charge in [-0.25, -0.2) is 9.59 Å². The molecule has 0 aliphatic carbocycles. The van der Waals surface area contributed by atoms with Gasteiger partial charge in [0.2, 0.25) is 0 Å². The molecule has 7 heteroatoms. The Hall–Kier alpha value is -3.22. The molecule has 0 atom stereocenters. The van der Waals surface area contributed by atoms with Crippen LogP contribution in [0.4, 0.5) is 5.69 Å². The number of nitro benzene ring substituents is 1. The third-order valence-electron chi connectivity index (χ3n) is 3.03. The van der Waals surface area contributed by atoms with E-state index in [0.29, 0.717) is 11.1 Å². The largest absolute Gasteiger partial charge is 0.465 e. The Balaban J connectivity index is 2.01. The Kier molecular flexibility index (Phi) is 5.03. The molecule has 0 bridgehead atoms. The average Bonchev–Trinajstić information content (AvgIpc) is 2.59. The van der Waals surface area contributed by atoms with Crippen LogP contribution >= 0.6 is 0 Å². The van der Waals surface area contributed by atoms with E-state index in [1.165, 1.54) is 31.4 Å². The predicted molar refractivity (Wildman–Crippen MR) is 80.0 cm³/mol. The Bertz CT molecular complexity index is 738. The summed E-state index contributed by atoms with van der Waals surface area (Å²) in [6.45, 7) is -0.0271. The molecule has 0 unspecified atom stereocenters. The van der Waals surface area contributed by atoms with Gasteiger partial charge in [0, 0.05) is 12.1 Å². The van der Waals surface area contributed by atoms with Crippen molar-refractivity contribution in [2.24, 2.45) is 0 Å². The van der Waals surface area contributed by atoms with Crippen molar-refractivity contribution in [1.82, 2.24) is 0 Å². The maximum atomic E-state index is 11.9. The van der Waals surface area contributed by atoms with Crippen LogP contribution in [0.15, 0.2) is 48.5 Å². The van der Waals surface area contributed by atoms with Crippen molar-refractivity contribution in [1.29, 1.82) is 0 Å². The van der Waals surface area contributed by atoms with E-state index in [1.807, 2.05) is 0 Å². The zero-order valence-corrected chi connectivity index (χ0v) is 12.2. The zero-order valence-electron chi connectivity index (χ0n) is 12.2. The second kappa shape index (κ2) is 7.17. The predicted octanol–water partition coefficient (Wildman–Crippen LogP) is 2.74. The molecule has 0 heterocycles. The van der Waals surface area contributed by atoms with Gasteiger partial charge >= 0.3 is 11.9 Å². The minimum absolute atomic E-state index is 0.0271. The number of methoxy groups -OCH3 is 1. The summed E-state index contributed by atoms with van der Waals surface area (Å²) in [5.41, 5.74) is 1.09. The number of carbonyl (C=O) groups is 2. The van der Waals surface area contributed by atoms with Gasteiger partial charge in [-0.1, -0.05) is 12.1 Å². The molecule has 2 aromatic carbocycles. The molecule has 0 saturated heterocycles. The maximum absolute atomic E-state index is 11.9. The molecule has 0 fully saturated rings. The number of benzene rings is 2. The zero-order chi connectivity index (χ0) is 16.8. The molecule has 2 rings (SSSR count). The summed E-state index contributed by atoms with van der Waals surface area (Å²) >= 11 is 0. The summed E-state index contributed by atoms with van der Waals surface area (Å²) in [5.74, 6) is -1.09. The van der Waals surface area contributed by atoms with Crippen molar-refractivity contribution >= 4 is 17.6 Å². The molecule has 0 N–H and O–H groups in total. The molecule has 0 spiro atoms. The third kappa shape index (κ3) is 4.13. The number of carbonyl (C=O) groups excluding carboxylic acids is 2. The SMILES string of the molecule is COC(=O)c1cccc(COC(=O)c2ccc([N+](=O)[O-])cc2)c1. The van der Waals surface area contributed by atoms with Crippen LogP contribution in [-0.4, -0.2) is 24.0 Å². The van der Waals surface area contributed by atoms with Crippen LogP contribution in [0.2, 0.25) is 0 Å². The molecule has 0 aliphatic heterocycles. The Labute approximate surface area is 131 Å². The van der Waals surface area contributed by atoms with Gasteiger partial charge in [0.05, 0.1) is 23.2 Å². The van der Waals surface area contributed by atoms with Crippen molar-refractivity contribution < 1.29 is 24.0 Å². The van der Waals surface area contributed by atoms with Crippen LogP contribution in [0, 0.1) is 10.1 Å². The number of nitro groups is 1. The molecule has 118 valence electrons. The lowest BCUT2D eigenvalue weighted by molar-refractivity contribution is -0.384. The Morgan fingerprint density at radius 1 is 1.04 bits per heavy atom. The van der Waals surface area contributed by atoms with Crippen molar-refractivity contribution in [2.45, 2.75) is 6.61 Å². The normalized spacial score (nSPS) is 9.96. The lowest BCUT2D eigenvalue weighted by Crippen LogP contribution is -2.06. The highest BCUT2D eigenvalue weighted by atomic mass is 16.6. The number of hydrogen-bond acceptors (Lipinski definition) is 6. The lowest BCUT2D eigenvalue weighted by Gasteiger charge is -2.06. The second-order valence-corrected chi connectivity index (χ2v) is 4.57. The van der Waals surface area contributed by atoms with Gasteiger partial charge in [-0.2, -0.15) is 0 Å². The molecule has 0 radical (unpaired) electrons. The highest BCUT2D eigenvalue weighted by molar-refractivity contribution is 5.90. The number of hydrogen-bond donors (Lipinski definition) is 0. The van der Waals surface area contributed by atoms with E-state index in [9.17, 15) is 19.7 Å². The fourth-order valence-electron chi connectivity index (χ4n) is 1.86. The smallest absolute Gasteiger partial charge is 0.338 e. The summed E-state index contributed by atoms with van der Waals surface area (Å²) in [7, 11) is 1.28. The van der Waals surface area contributed by atoms with Gasteiger partial charge < -0.3 is 9.47 Å². The van der Waals surface area contributed by atoms with Crippen LogP contribution in [0.25, 0.3) is 0 Å². The monoisotopic (exact) mass is 315 g/mol. The molecular formula is C16H13NO6. The molecule has 2 aromatic rings. The van der Waals surface area contributed by atoms with Crippen molar-refractivity contribution in [3.8, 4) is 0 Å². The van der Waals surface area contributed by atoms with Gasteiger partial charge in [0.15, 0.2) is 0 Å². The number of esters is 2. The highest BCUT2D eigenvalue weighted by Gasteiger charge is 2.11. The fraction of sp³-hybridized carbons (Fsp3) is 0.125. The minimum atomic E-state index is -0.608. The van der Waals surface area contributed by atoms with E-state index in [-0.39, 0.29) is 17.9 Å². The summed E-state index contributed by atoms with van der Waals surface area (Å²) in [6, 6.07) is 11.6. The van der Waals surface area contributed by atoms with E-state index in [4.69, 9.17) is 4.74 Å². The van der Waals surface area contributed by atoms with Gasteiger partial charge in [0.25, 0.3) is 5.69 Å². The summed E-state index contributed by atoms with van der Waals surface area (Å²) in [5, 5.41) is 10.6. The minimum Gasteiger partial charge on any atom is -0.465 e. The van der Waals surface area contributed by atoms with Crippen molar-refractivity contribution in [3.05, 3.63) is 75.3 Å². The molecule has 23 heavy (non-hydrogen) atoms. The molecule has 7 nitrogen and oxygen atoms in total. The molecule has 0 aromatic heterocycles. The van der Waals surface area contributed by atoms with Crippen LogP contribution in [-0.2, 0) is 16.1 Å². The van der Waals surface area contributed by atoms with Gasteiger partial charge in [0.1, 0.15) is 6.61 Å². The van der Waals surface area contributed by atoms with E-state index >= 15 is 0 Å². The quantitative estimate of drug-likeness (QED) is 0.478. The van der Waals surface area contributed by atoms with Crippen LogP contribution in [0.3, 0.4) is 0 Å². The molecular weight excluding hydrogens is 302 g/mol. The standard InChI is InChI=1S/C16H13NO6/c1-22-15(18)13-4-2-3-11(9-13)10-23-16(19)12-5-7-14(8-6-12)17(20)21/h2-9H,10H2,1H3. The summed E-state index contributed by atoms with van der Waals surface area (Å²) < 4.78 is 9.74. The number of rotatable bonds is 5. The summed E-state index contributed by atoms with van der Waals surface area (Å²) in [6.07, 6.45) is 0. The Morgan fingerprint density at radius 3 is 2.35 bits per heavy atom. The van der Waals surface area contributed by atoms with Gasteiger partial charge in [-0.05, 0) is 29.8 Å². The van der Waals surface area contributed by atoms with Gasteiger partial charge in [-0.3, -0.25) is 10.1 Å². The molecule has 0 aliphatic rings. The summed E-state index contributed by atoms with van der Waals surface area (Å²) in [4.78, 5) is 33.3.